The van der Waals surface area contributed by atoms with Crippen LogP contribution in [0.4, 0.5) is 24.5 Å². The quantitative estimate of drug-likeness (QED) is 0.760. The predicted octanol–water partition coefficient (Wildman–Crippen LogP) is 5.48. The first-order valence-electron chi connectivity index (χ1n) is 6.05. The fourth-order valence-corrected chi connectivity index (χ4v) is 1.43. The van der Waals surface area contributed by atoms with Gasteiger partial charge in [-0.1, -0.05) is 32.0 Å². The van der Waals surface area contributed by atoms with Crippen LogP contribution >= 0.6 is 0 Å². The van der Waals surface area contributed by atoms with E-state index in [1.54, 1.807) is 0 Å². The molecule has 0 fully saturated rings. The van der Waals surface area contributed by atoms with Crippen molar-refractivity contribution in [3.05, 3.63) is 60.2 Å². The minimum atomic E-state index is -4.29. The molecular formula is C15H16F3N. The predicted molar refractivity (Wildman–Crippen MR) is 72.5 cm³/mol. The highest BCUT2D eigenvalue weighted by Gasteiger charge is 2.29. The van der Waals surface area contributed by atoms with E-state index in [2.05, 4.69) is 5.32 Å². The van der Waals surface area contributed by atoms with Gasteiger partial charge in [0.25, 0.3) is 0 Å². The molecule has 0 saturated carbocycles. The summed E-state index contributed by atoms with van der Waals surface area (Å²) >= 11 is 0. The lowest BCUT2D eigenvalue weighted by Crippen LogP contribution is -2.04. The van der Waals surface area contributed by atoms with Crippen LogP contribution < -0.4 is 5.32 Å². The minimum Gasteiger partial charge on any atom is -0.356 e. The van der Waals surface area contributed by atoms with Crippen LogP contribution in [0.25, 0.3) is 0 Å². The summed E-state index contributed by atoms with van der Waals surface area (Å²) in [6.07, 6.45) is -4.29. The molecule has 19 heavy (non-hydrogen) atoms. The zero-order chi connectivity index (χ0) is 14.3. The minimum absolute atomic E-state index is 0.629. The molecule has 0 aromatic heterocycles. The summed E-state index contributed by atoms with van der Waals surface area (Å²) in [5.41, 5.74) is 0.826. The molecule has 0 bridgehead atoms. The molecular weight excluding hydrogens is 251 g/mol. The van der Waals surface area contributed by atoms with Gasteiger partial charge in [0.2, 0.25) is 0 Å². The number of hydrogen-bond acceptors (Lipinski definition) is 1. The van der Waals surface area contributed by atoms with Gasteiger partial charge in [-0.3, -0.25) is 0 Å². The Bertz CT molecular complexity index is 475. The van der Waals surface area contributed by atoms with E-state index in [4.69, 9.17) is 0 Å². The molecule has 4 heteroatoms. The zero-order valence-electron chi connectivity index (χ0n) is 10.8. The Morgan fingerprint density at radius 1 is 0.737 bits per heavy atom. The van der Waals surface area contributed by atoms with Gasteiger partial charge in [0.1, 0.15) is 0 Å². The lowest BCUT2D eigenvalue weighted by atomic mass is 10.2. The molecule has 0 aliphatic carbocycles. The van der Waals surface area contributed by atoms with E-state index < -0.39 is 11.7 Å². The second-order valence-electron chi connectivity index (χ2n) is 3.57. The van der Waals surface area contributed by atoms with Crippen LogP contribution in [0.15, 0.2) is 54.6 Å². The number of hydrogen-bond donors (Lipinski definition) is 1. The van der Waals surface area contributed by atoms with Crippen molar-refractivity contribution >= 4 is 11.4 Å². The highest BCUT2D eigenvalue weighted by molar-refractivity contribution is 5.59. The fraction of sp³-hybridized carbons (Fsp3) is 0.200. The van der Waals surface area contributed by atoms with E-state index >= 15 is 0 Å². The summed E-state index contributed by atoms with van der Waals surface area (Å²) in [7, 11) is 0. The van der Waals surface area contributed by atoms with Crippen LogP contribution in [-0.2, 0) is 6.18 Å². The van der Waals surface area contributed by atoms with Crippen molar-refractivity contribution in [1.29, 1.82) is 0 Å². The Labute approximate surface area is 111 Å². The lowest BCUT2D eigenvalue weighted by Gasteiger charge is -2.09. The van der Waals surface area contributed by atoms with Crippen LogP contribution in [0.2, 0.25) is 0 Å². The van der Waals surface area contributed by atoms with Crippen molar-refractivity contribution in [2.24, 2.45) is 0 Å². The average molecular weight is 267 g/mol. The number of alkyl halides is 3. The lowest BCUT2D eigenvalue weighted by molar-refractivity contribution is -0.137. The van der Waals surface area contributed by atoms with E-state index in [1.807, 2.05) is 44.2 Å². The second-order valence-corrected chi connectivity index (χ2v) is 3.57. The first-order valence-corrected chi connectivity index (χ1v) is 6.05. The van der Waals surface area contributed by atoms with Gasteiger partial charge in [-0.15, -0.1) is 0 Å². The molecule has 1 N–H and O–H groups in total. The normalized spacial score (nSPS) is 10.4. The Morgan fingerprint density at radius 2 is 1.21 bits per heavy atom. The number of anilines is 2. The van der Waals surface area contributed by atoms with Crippen LogP contribution in [0.5, 0.6) is 0 Å². The van der Waals surface area contributed by atoms with Crippen molar-refractivity contribution < 1.29 is 13.2 Å². The monoisotopic (exact) mass is 267 g/mol. The van der Waals surface area contributed by atoms with Crippen molar-refractivity contribution in [2.75, 3.05) is 5.32 Å². The van der Waals surface area contributed by atoms with Gasteiger partial charge >= 0.3 is 6.18 Å². The van der Waals surface area contributed by atoms with Gasteiger partial charge in [-0.25, -0.2) is 0 Å². The van der Waals surface area contributed by atoms with Crippen LogP contribution in [0.3, 0.4) is 0 Å². The summed E-state index contributed by atoms with van der Waals surface area (Å²) in [4.78, 5) is 0. The van der Waals surface area contributed by atoms with Crippen molar-refractivity contribution in [1.82, 2.24) is 0 Å². The molecule has 0 amide bonds. The first-order chi connectivity index (χ1) is 9.05. The summed E-state index contributed by atoms with van der Waals surface area (Å²) in [5, 5.41) is 3.02. The molecule has 0 saturated heterocycles. The third-order valence-electron chi connectivity index (χ3n) is 2.27. The number of para-hydroxylation sites is 1. The van der Waals surface area contributed by atoms with Gasteiger partial charge in [-0.05, 0) is 36.4 Å². The first kappa shape index (κ1) is 15.1. The third-order valence-corrected chi connectivity index (χ3v) is 2.27. The molecule has 2 aromatic rings. The molecule has 0 aliphatic heterocycles. The second kappa shape index (κ2) is 6.83. The molecule has 0 unspecified atom stereocenters. The smallest absolute Gasteiger partial charge is 0.356 e. The van der Waals surface area contributed by atoms with Crippen LogP contribution in [0.1, 0.15) is 19.4 Å². The summed E-state index contributed by atoms with van der Waals surface area (Å²) in [6, 6.07) is 14.2. The summed E-state index contributed by atoms with van der Waals surface area (Å²) < 4.78 is 37.0. The molecule has 0 aliphatic rings. The standard InChI is InChI=1S/C13H10F3N.C2H6/c14-13(15,16)10-6-8-12(9-7-10)17-11-4-2-1-3-5-11;1-2/h1-9,17H;1-2H3. The largest absolute Gasteiger partial charge is 0.416 e. The molecule has 2 aromatic carbocycles. The number of halogens is 3. The Kier molecular flexibility index (Phi) is 5.42. The molecule has 0 radical (unpaired) electrons. The Balaban J connectivity index is 0.000000861. The molecule has 2 rings (SSSR count). The van der Waals surface area contributed by atoms with Crippen molar-refractivity contribution in [3.63, 3.8) is 0 Å². The van der Waals surface area contributed by atoms with E-state index in [0.717, 1.165) is 17.8 Å². The highest BCUT2D eigenvalue weighted by Crippen LogP contribution is 2.30. The van der Waals surface area contributed by atoms with Crippen LogP contribution in [0, 0.1) is 0 Å². The maximum Gasteiger partial charge on any atom is 0.416 e. The highest BCUT2D eigenvalue weighted by atomic mass is 19.4. The van der Waals surface area contributed by atoms with Crippen molar-refractivity contribution in [3.8, 4) is 0 Å². The number of rotatable bonds is 2. The van der Waals surface area contributed by atoms with E-state index in [0.29, 0.717) is 5.69 Å². The maximum absolute atomic E-state index is 12.3. The van der Waals surface area contributed by atoms with Crippen molar-refractivity contribution in [2.45, 2.75) is 20.0 Å². The molecule has 0 atom stereocenters. The van der Waals surface area contributed by atoms with E-state index in [9.17, 15) is 13.2 Å². The number of benzene rings is 2. The van der Waals surface area contributed by atoms with Gasteiger partial charge in [0.05, 0.1) is 5.56 Å². The van der Waals surface area contributed by atoms with E-state index in [-0.39, 0.29) is 0 Å². The molecule has 102 valence electrons. The van der Waals surface area contributed by atoms with Gasteiger partial charge < -0.3 is 5.32 Å². The SMILES string of the molecule is CC.FC(F)(F)c1ccc(Nc2ccccc2)cc1. The van der Waals surface area contributed by atoms with Gasteiger partial charge in [-0.2, -0.15) is 13.2 Å². The maximum atomic E-state index is 12.3. The van der Waals surface area contributed by atoms with E-state index in [1.165, 1.54) is 12.1 Å². The summed E-state index contributed by atoms with van der Waals surface area (Å²) in [5.74, 6) is 0. The van der Waals surface area contributed by atoms with Gasteiger partial charge in [0.15, 0.2) is 0 Å². The molecule has 0 spiro atoms. The molecule has 0 heterocycles. The van der Waals surface area contributed by atoms with Crippen LogP contribution in [-0.4, -0.2) is 0 Å². The average Bonchev–Trinajstić information content (AvgIpc) is 2.42. The zero-order valence-corrected chi connectivity index (χ0v) is 10.8. The Morgan fingerprint density at radius 3 is 1.68 bits per heavy atom. The Hall–Kier alpha value is -1.97. The topological polar surface area (TPSA) is 12.0 Å². The number of nitrogens with one attached hydrogen (secondary N) is 1. The molecule has 1 nitrogen and oxygen atoms in total. The van der Waals surface area contributed by atoms with Gasteiger partial charge in [0, 0.05) is 11.4 Å². The summed E-state index contributed by atoms with van der Waals surface area (Å²) in [6.45, 7) is 4.00. The fourth-order valence-electron chi connectivity index (χ4n) is 1.43. The third kappa shape index (κ3) is 4.66.